The fraction of sp³-hybridized carbons (Fsp3) is 0.500. The standard InChI is InChI=1S/C16H23BrN2O3S/c1-11(2)6-8-22-14-5-4-12(17)10-13(14)15(20)19-16(23)18-7-9-21-3/h4-5,10-11H,6-9H2,1-3H3,(H2,18,19,20,23). The lowest BCUT2D eigenvalue weighted by Crippen LogP contribution is -2.40. The van der Waals surface area contributed by atoms with E-state index < -0.39 is 0 Å². The fourth-order valence-electron chi connectivity index (χ4n) is 1.69. The van der Waals surface area contributed by atoms with Gasteiger partial charge in [-0.2, -0.15) is 0 Å². The third kappa shape index (κ3) is 7.76. The fourth-order valence-corrected chi connectivity index (χ4v) is 2.25. The van der Waals surface area contributed by atoms with Crippen molar-refractivity contribution in [1.29, 1.82) is 0 Å². The second-order valence-electron chi connectivity index (χ2n) is 5.37. The molecule has 5 nitrogen and oxygen atoms in total. The average Bonchev–Trinajstić information content (AvgIpc) is 2.48. The van der Waals surface area contributed by atoms with E-state index in [1.54, 1.807) is 19.2 Å². The number of methoxy groups -OCH3 is 1. The van der Waals surface area contributed by atoms with Gasteiger partial charge in [0, 0.05) is 18.1 Å². The van der Waals surface area contributed by atoms with Gasteiger partial charge in [-0.25, -0.2) is 0 Å². The number of benzene rings is 1. The van der Waals surface area contributed by atoms with Crippen molar-refractivity contribution in [3.8, 4) is 5.75 Å². The maximum absolute atomic E-state index is 12.4. The van der Waals surface area contributed by atoms with Crippen LogP contribution in [0.1, 0.15) is 30.6 Å². The summed E-state index contributed by atoms with van der Waals surface area (Å²) in [5, 5.41) is 5.81. The van der Waals surface area contributed by atoms with Crippen molar-refractivity contribution in [3.05, 3.63) is 28.2 Å². The molecule has 1 amide bonds. The molecule has 7 heteroatoms. The maximum Gasteiger partial charge on any atom is 0.261 e. The van der Waals surface area contributed by atoms with Crippen LogP contribution in [0.4, 0.5) is 0 Å². The molecular weight excluding hydrogens is 380 g/mol. The molecule has 0 bridgehead atoms. The summed E-state index contributed by atoms with van der Waals surface area (Å²) in [4.78, 5) is 12.4. The summed E-state index contributed by atoms with van der Waals surface area (Å²) in [7, 11) is 1.60. The van der Waals surface area contributed by atoms with E-state index in [1.165, 1.54) is 0 Å². The number of hydrogen-bond acceptors (Lipinski definition) is 4. The van der Waals surface area contributed by atoms with E-state index >= 15 is 0 Å². The minimum atomic E-state index is -0.305. The highest BCUT2D eigenvalue weighted by Crippen LogP contribution is 2.23. The van der Waals surface area contributed by atoms with Crippen LogP contribution in [0.3, 0.4) is 0 Å². The molecule has 0 aliphatic carbocycles. The number of nitrogens with one attached hydrogen (secondary N) is 2. The van der Waals surface area contributed by atoms with Crippen molar-refractivity contribution in [3.63, 3.8) is 0 Å². The van der Waals surface area contributed by atoms with Gasteiger partial charge in [-0.15, -0.1) is 0 Å². The van der Waals surface area contributed by atoms with Crippen LogP contribution >= 0.6 is 28.1 Å². The highest BCUT2D eigenvalue weighted by atomic mass is 79.9. The van der Waals surface area contributed by atoms with Crippen LogP contribution in [0.5, 0.6) is 5.75 Å². The number of rotatable bonds is 8. The second kappa shape index (κ2) is 10.6. The van der Waals surface area contributed by atoms with Crippen LogP contribution in [0.15, 0.2) is 22.7 Å². The van der Waals surface area contributed by atoms with Gasteiger partial charge in [0.25, 0.3) is 5.91 Å². The van der Waals surface area contributed by atoms with E-state index in [-0.39, 0.29) is 11.0 Å². The molecule has 1 rings (SSSR count). The van der Waals surface area contributed by atoms with Gasteiger partial charge in [0.15, 0.2) is 5.11 Å². The van der Waals surface area contributed by atoms with Gasteiger partial charge >= 0.3 is 0 Å². The molecule has 0 heterocycles. The van der Waals surface area contributed by atoms with E-state index in [0.717, 1.165) is 10.9 Å². The topological polar surface area (TPSA) is 59.6 Å². The summed E-state index contributed by atoms with van der Waals surface area (Å²) >= 11 is 8.46. The molecule has 2 N–H and O–H groups in total. The summed E-state index contributed by atoms with van der Waals surface area (Å²) in [5.74, 6) is 0.784. The van der Waals surface area contributed by atoms with Crippen molar-refractivity contribution >= 4 is 39.2 Å². The van der Waals surface area contributed by atoms with Crippen LogP contribution in [0.25, 0.3) is 0 Å². The number of hydrogen-bond donors (Lipinski definition) is 2. The summed E-state index contributed by atoms with van der Waals surface area (Å²) in [6.07, 6.45) is 0.925. The molecule has 1 aromatic carbocycles. The Balaban J connectivity index is 2.70. The smallest absolute Gasteiger partial charge is 0.261 e. The average molecular weight is 403 g/mol. The van der Waals surface area contributed by atoms with Gasteiger partial charge < -0.3 is 14.8 Å². The Morgan fingerprint density at radius 3 is 2.74 bits per heavy atom. The zero-order chi connectivity index (χ0) is 17.2. The van der Waals surface area contributed by atoms with E-state index in [2.05, 4.69) is 40.4 Å². The molecule has 0 radical (unpaired) electrons. The van der Waals surface area contributed by atoms with Gasteiger partial charge in [0.1, 0.15) is 5.75 Å². The lowest BCUT2D eigenvalue weighted by Gasteiger charge is -2.14. The third-order valence-electron chi connectivity index (χ3n) is 2.96. The highest BCUT2D eigenvalue weighted by molar-refractivity contribution is 9.10. The maximum atomic E-state index is 12.4. The number of ether oxygens (including phenoxy) is 2. The van der Waals surface area contributed by atoms with E-state index in [9.17, 15) is 4.79 Å². The van der Waals surface area contributed by atoms with Gasteiger partial charge in [-0.3, -0.25) is 10.1 Å². The molecule has 0 saturated carbocycles. The van der Waals surface area contributed by atoms with E-state index in [1.807, 2.05) is 6.07 Å². The summed E-state index contributed by atoms with van der Waals surface area (Å²) in [6, 6.07) is 5.34. The third-order valence-corrected chi connectivity index (χ3v) is 3.70. The quantitative estimate of drug-likeness (QED) is 0.516. The Hall–Kier alpha value is -1.18. The lowest BCUT2D eigenvalue weighted by molar-refractivity contribution is 0.0972. The minimum absolute atomic E-state index is 0.264. The summed E-state index contributed by atoms with van der Waals surface area (Å²) in [6.45, 7) is 5.86. The Kier molecular flexibility index (Phi) is 9.13. The molecule has 0 fully saturated rings. The molecule has 23 heavy (non-hydrogen) atoms. The molecule has 0 unspecified atom stereocenters. The van der Waals surface area contributed by atoms with Crippen molar-refractivity contribution in [2.45, 2.75) is 20.3 Å². The Morgan fingerprint density at radius 1 is 1.35 bits per heavy atom. The van der Waals surface area contributed by atoms with Crippen LogP contribution in [0, 0.1) is 5.92 Å². The number of thiocarbonyl (C=S) groups is 1. The van der Waals surface area contributed by atoms with E-state index in [4.69, 9.17) is 21.7 Å². The molecular formula is C16H23BrN2O3S. The van der Waals surface area contributed by atoms with Crippen LogP contribution in [0.2, 0.25) is 0 Å². The molecule has 0 aliphatic rings. The SMILES string of the molecule is COCCNC(=S)NC(=O)c1cc(Br)ccc1OCCC(C)C. The monoisotopic (exact) mass is 402 g/mol. The van der Waals surface area contributed by atoms with Crippen molar-refractivity contribution in [1.82, 2.24) is 10.6 Å². The molecule has 0 saturated heterocycles. The molecule has 128 valence electrons. The predicted molar refractivity (Wildman–Crippen MR) is 99.0 cm³/mol. The summed E-state index contributed by atoms with van der Waals surface area (Å²) in [5.41, 5.74) is 0.444. The van der Waals surface area contributed by atoms with Gasteiger partial charge in [-0.1, -0.05) is 29.8 Å². The molecule has 0 atom stereocenters. The zero-order valence-corrected chi connectivity index (χ0v) is 16.1. The minimum Gasteiger partial charge on any atom is -0.493 e. The Morgan fingerprint density at radius 2 is 2.09 bits per heavy atom. The van der Waals surface area contributed by atoms with Crippen LogP contribution < -0.4 is 15.4 Å². The lowest BCUT2D eigenvalue weighted by atomic mass is 10.1. The first-order valence-corrected chi connectivity index (χ1v) is 8.64. The zero-order valence-electron chi connectivity index (χ0n) is 13.6. The number of amides is 1. The van der Waals surface area contributed by atoms with Crippen molar-refractivity contribution in [2.75, 3.05) is 26.9 Å². The van der Waals surface area contributed by atoms with Gasteiger partial charge in [0.2, 0.25) is 0 Å². The first kappa shape index (κ1) is 19.9. The van der Waals surface area contributed by atoms with Crippen LogP contribution in [-0.2, 0) is 4.74 Å². The summed E-state index contributed by atoms with van der Waals surface area (Å²) < 4.78 is 11.5. The highest BCUT2D eigenvalue weighted by Gasteiger charge is 2.15. The Labute approximate surface area is 151 Å². The number of carbonyl (C=O) groups is 1. The molecule has 1 aromatic rings. The largest absolute Gasteiger partial charge is 0.493 e. The normalized spacial score (nSPS) is 10.5. The van der Waals surface area contributed by atoms with Crippen molar-refractivity contribution < 1.29 is 14.3 Å². The van der Waals surface area contributed by atoms with Gasteiger partial charge in [0.05, 0.1) is 18.8 Å². The van der Waals surface area contributed by atoms with E-state index in [0.29, 0.717) is 37.0 Å². The Bertz CT molecular complexity index is 538. The molecule has 0 aliphatic heterocycles. The second-order valence-corrected chi connectivity index (χ2v) is 6.70. The number of halogens is 1. The van der Waals surface area contributed by atoms with Crippen molar-refractivity contribution in [2.24, 2.45) is 5.92 Å². The molecule has 0 aromatic heterocycles. The predicted octanol–water partition coefficient (Wildman–Crippen LogP) is 3.12. The first-order chi connectivity index (χ1) is 10.9. The first-order valence-electron chi connectivity index (χ1n) is 7.44. The van der Waals surface area contributed by atoms with Crippen LogP contribution in [-0.4, -0.2) is 37.9 Å². The van der Waals surface area contributed by atoms with Gasteiger partial charge in [-0.05, 0) is 42.8 Å². The number of carbonyl (C=O) groups excluding carboxylic acids is 1. The molecule has 0 spiro atoms.